The molecule has 1 N–H and O–H groups in total. The third-order valence-electron chi connectivity index (χ3n) is 8.08. The van der Waals surface area contributed by atoms with Crippen LogP contribution < -0.4 is 10.1 Å². The van der Waals surface area contributed by atoms with Gasteiger partial charge in [0.1, 0.15) is 11.3 Å². The third kappa shape index (κ3) is 6.07. The number of alkyl halides is 3. The molecule has 0 unspecified atom stereocenters. The molecule has 220 valence electrons. The normalized spacial score (nSPS) is 16.4. The molecular formula is C31H33F3N6O2. The zero-order valence-electron chi connectivity index (χ0n) is 23.4. The summed E-state index contributed by atoms with van der Waals surface area (Å²) < 4.78 is 50.0. The first-order valence-corrected chi connectivity index (χ1v) is 14.2. The number of amides is 2. The number of rotatable bonds is 6. The molecule has 2 aliphatic rings. The largest absolute Gasteiger partial charge is 0.455 e. The maximum absolute atomic E-state index is 14.1. The van der Waals surface area contributed by atoms with E-state index in [9.17, 15) is 18.0 Å². The number of aromatic nitrogens is 2. The first-order chi connectivity index (χ1) is 20.3. The average Bonchev–Trinajstić information content (AvgIpc) is 3.47. The van der Waals surface area contributed by atoms with Crippen LogP contribution in [0.2, 0.25) is 0 Å². The van der Waals surface area contributed by atoms with Gasteiger partial charge in [-0.3, -0.25) is 4.90 Å². The van der Waals surface area contributed by atoms with E-state index >= 15 is 0 Å². The minimum Gasteiger partial charge on any atom is -0.455 e. The van der Waals surface area contributed by atoms with Crippen molar-refractivity contribution in [1.82, 2.24) is 24.3 Å². The summed E-state index contributed by atoms with van der Waals surface area (Å²) in [6, 6.07) is 15.1. The highest BCUT2D eigenvalue weighted by Crippen LogP contribution is 2.35. The number of hydrogen-bond donors (Lipinski definition) is 1. The van der Waals surface area contributed by atoms with E-state index in [0.29, 0.717) is 31.0 Å². The number of fused-ring (bicyclic) bond motifs is 2. The minimum atomic E-state index is -4.52. The van der Waals surface area contributed by atoms with Crippen LogP contribution in [0.3, 0.4) is 0 Å². The summed E-state index contributed by atoms with van der Waals surface area (Å²) in [5.74, 6) is 1.29. The number of likely N-dealkylation sites (N-methyl/N-ethyl adjacent to an activating group) is 1. The van der Waals surface area contributed by atoms with Crippen molar-refractivity contribution < 1.29 is 22.7 Å². The number of carbonyl (C=O) groups excluding carboxylic acids is 1. The van der Waals surface area contributed by atoms with Gasteiger partial charge in [0.05, 0.1) is 11.8 Å². The van der Waals surface area contributed by atoms with Crippen LogP contribution in [-0.2, 0) is 25.7 Å². The van der Waals surface area contributed by atoms with Gasteiger partial charge in [-0.2, -0.15) is 18.3 Å². The van der Waals surface area contributed by atoms with E-state index in [-0.39, 0.29) is 17.8 Å². The van der Waals surface area contributed by atoms with Crippen molar-refractivity contribution in [2.24, 2.45) is 0 Å². The fourth-order valence-electron chi connectivity index (χ4n) is 5.67. The van der Waals surface area contributed by atoms with Crippen LogP contribution in [0.25, 0.3) is 5.52 Å². The number of benzene rings is 2. The second-order valence-electron chi connectivity index (χ2n) is 10.7. The van der Waals surface area contributed by atoms with Crippen LogP contribution in [0.1, 0.15) is 29.2 Å². The van der Waals surface area contributed by atoms with Crippen LogP contribution >= 0.6 is 0 Å². The molecule has 11 heteroatoms. The highest BCUT2D eigenvalue weighted by molar-refractivity contribution is 5.89. The molecule has 0 saturated carbocycles. The van der Waals surface area contributed by atoms with Crippen LogP contribution in [0, 0.1) is 0 Å². The minimum absolute atomic E-state index is 0.128. The molecule has 6 rings (SSSR count). The van der Waals surface area contributed by atoms with Gasteiger partial charge in [0.2, 0.25) is 0 Å². The monoisotopic (exact) mass is 578 g/mol. The highest BCUT2D eigenvalue weighted by atomic mass is 19.4. The van der Waals surface area contributed by atoms with Gasteiger partial charge in [-0.25, -0.2) is 9.31 Å². The Kier molecular flexibility index (Phi) is 7.78. The Balaban J connectivity index is 1.13. The second kappa shape index (κ2) is 11.7. The van der Waals surface area contributed by atoms with Gasteiger partial charge in [-0.1, -0.05) is 19.1 Å². The molecule has 2 aromatic carbocycles. The molecule has 0 spiro atoms. The van der Waals surface area contributed by atoms with Crippen LogP contribution in [-0.4, -0.2) is 69.6 Å². The van der Waals surface area contributed by atoms with E-state index in [0.717, 1.165) is 55.4 Å². The first kappa shape index (κ1) is 28.0. The Hall–Kier alpha value is -4.09. The standard InChI is InChI=1S/C31H33F3N6O2/c1-2-37-14-16-38(17-15-37)20-23-5-7-25(19-27(23)31(32,33)34)36-30(41)39-13-10-22-6-8-26(18-24(22)21-39)42-29-9-11-35-40-12-3-4-28(29)40/h3-9,11-12,18-19H,2,10,13-17,20-21H2,1H3,(H,36,41). The van der Waals surface area contributed by atoms with Gasteiger partial charge in [0, 0.05) is 63.8 Å². The molecule has 8 nitrogen and oxygen atoms in total. The Labute approximate surface area is 242 Å². The molecule has 0 aliphatic carbocycles. The topological polar surface area (TPSA) is 65.3 Å². The van der Waals surface area contributed by atoms with Gasteiger partial charge in [0.15, 0.2) is 5.75 Å². The van der Waals surface area contributed by atoms with E-state index in [2.05, 4.69) is 22.2 Å². The van der Waals surface area contributed by atoms with Crippen LogP contribution in [0.4, 0.5) is 23.7 Å². The maximum Gasteiger partial charge on any atom is 0.416 e. The van der Waals surface area contributed by atoms with E-state index < -0.39 is 17.8 Å². The lowest BCUT2D eigenvalue weighted by Gasteiger charge is -2.34. The Morgan fingerprint density at radius 3 is 2.57 bits per heavy atom. The summed E-state index contributed by atoms with van der Waals surface area (Å²) in [5.41, 5.74) is 2.51. The molecule has 2 amide bonds. The van der Waals surface area contributed by atoms with E-state index in [1.807, 2.05) is 41.4 Å². The van der Waals surface area contributed by atoms with Crippen molar-refractivity contribution in [3.8, 4) is 11.5 Å². The fraction of sp³-hybridized carbons (Fsp3) is 0.355. The van der Waals surface area contributed by atoms with Gasteiger partial charge < -0.3 is 19.9 Å². The van der Waals surface area contributed by atoms with Crippen molar-refractivity contribution >= 4 is 17.2 Å². The summed E-state index contributed by atoms with van der Waals surface area (Å²) in [7, 11) is 0. The zero-order valence-corrected chi connectivity index (χ0v) is 23.4. The molecule has 1 saturated heterocycles. The predicted octanol–water partition coefficient (Wildman–Crippen LogP) is 5.87. The number of carbonyl (C=O) groups is 1. The molecule has 4 aromatic rings. The number of urea groups is 1. The van der Waals surface area contributed by atoms with Crippen LogP contribution in [0.15, 0.2) is 67.0 Å². The molecule has 2 aromatic heterocycles. The first-order valence-electron chi connectivity index (χ1n) is 14.2. The van der Waals surface area contributed by atoms with Gasteiger partial charge in [-0.05, 0) is 66.1 Å². The Morgan fingerprint density at radius 1 is 0.976 bits per heavy atom. The average molecular weight is 579 g/mol. The fourth-order valence-corrected chi connectivity index (χ4v) is 5.67. The maximum atomic E-state index is 14.1. The number of halogens is 3. The molecule has 2 aliphatic heterocycles. The molecule has 0 radical (unpaired) electrons. The Morgan fingerprint density at radius 2 is 1.79 bits per heavy atom. The quantitative estimate of drug-likeness (QED) is 0.310. The molecule has 42 heavy (non-hydrogen) atoms. The van der Waals surface area contributed by atoms with E-state index in [1.165, 1.54) is 6.07 Å². The highest BCUT2D eigenvalue weighted by Gasteiger charge is 2.34. The van der Waals surface area contributed by atoms with Crippen molar-refractivity contribution in [3.05, 3.63) is 89.2 Å². The summed E-state index contributed by atoms with van der Waals surface area (Å²) in [6.07, 6.45) is -0.384. The Bertz CT molecular complexity index is 1580. The van der Waals surface area contributed by atoms with Crippen molar-refractivity contribution in [1.29, 1.82) is 0 Å². The summed E-state index contributed by atoms with van der Waals surface area (Å²) in [5, 5.41) is 6.95. The molecule has 1 fully saturated rings. The molecule has 0 bridgehead atoms. The summed E-state index contributed by atoms with van der Waals surface area (Å²) in [6.45, 7) is 7.19. The van der Waals surface area contributed by atoms with Gasteiger partial charge in [0.25, 0.3) is 0 Å². The number of piperazine rings is 1. The smallest absolute Gasteiger partial charge is 0.416 e. The van der Waals surface area contributed by atoms with E-state index in [1.54, 1.807) is 27.7 Å². The third-order valence-corrected chi connectivity index (χ3v) is 8.08. The number of nitrogens with one attached hydrogen (secondary N) is 1. The predicted molar refractivity (Wildman–Crippen MR) is 154 cm³/mol. The number of nitrogens with zero attached hydrogens (tertiary/aromatic N) is 5. The number of ether oxygens (including phenoxy) is 1. The zero-order chi connectivity index (χ0) is 29.3. The van der Waals surface area contributed by atoms with Crippen molar-refractivity contribution in [2.75, 3.05) is 44.6 Å². The lowest BCUT2D eigenvalue weighted by Crippen LogP contribution is -2.45. The second-order valence-corrected chi connectivity index (χ2v) is 10.7. The number of anilines is 1. The number of hydrogen-bond acceptors (Lipinski definition) is 5. The van der Waals surface area contributed by atoms with Gasteiger partial charge in [-0.15, -0.1) is 0 Å². The summed E-state index contributed by atoms with van der Waals surface area (Å²) >= 11 is 0. The molecular weight excluding hydrogens is 545 g/mol. The van der Waals surface area contributed by atoms with Gasteiger partial charge >= 0.3 is 12.2 Å². The lowest BCUT2D eigenvalue weighted by atomic mass is 9.99. The molecule has 0 atom stereocenters. The van der Waals surface area contributed by atoms with Crippen LogP contribution in [0.5, 0.6) is 11.5 Å². The summed E-state index contributed by atoms with van der Waals surface area (Å²) in [4.78, 5) is 19.1. The van der Waals surface area contributed by atoms with Crippen molar-refractivity contribution in [2.45, 2.75) is 32.6 Å². The lowest BCUT2D eigenvalue weighted by molar-refractivity contribution is -0.138. The van der Waals surface area contributed by atoms with E-state index in [4.69, 9.17) is 4.74 Å². The SMILES string of the molecule is CCN1CCN(Cc2ccc(NC(=O)N3CCc4ccc(Oc5ccnn6cccc56)cc4C3)cc2C(F)(F)F)CC1. The van der Waals surface area contributed by atoms with Crippen molar-refractivity contribution in [3.63, 3.8) is 0 Å². The molecule has 4 heterocycles.